The van der Waals surface area contributed by atoms with E-state index in [2.05, 4.69) is 10.3 Å². The number of carbonyl (C=O) groups excluding carboxylic acids is 2. The number of aliphatic carboxylic acids is 1. The van der Waals surface area contributed by atoms with Gasteiger partial charge in [-0.15, -0.1) is 0 Å². The van der Waals surface area contributed by atoms with Gasteiger partial charge in [0.2, 0.25) is 11.9 Å². The van der Waals surface area contributed by atoms with Crippen molar-refractivity contribution in [2.24, 2.45) is 0 Å². The maximum absolute atomic E-state index is 13.4. The van der Waals surface area contributed by atoms with Crippen molar-refractivity contribution in [2.45, 2.75) is 51.7 Å². The summed E-state index contributed by atoms with van der Waals surface area (Å²) in [6, 6.07) is 0.590. The van der Waals surface area contributed by atoms with Gasteiger partial charge < -0.3 is 15.2 Å². The highest BCUT2D eigenvalue weighted by molar-refractivity contribution is 5.96. The lowest BCUT2D eigenvalue weighted by atomic mass is 10.0. The number of nitrogens with zero attached hydrogens (tertiary/aromatic N) is 1. The van der Waals surface area contributed by atoms with Crippen molar-refractivity contribution in [3.8, 4) is 0 Å². The van der Waals surface area contributed by atoms with E-state index in [1.165, 1.54) is 0 Å². The van der Waals surface area contributed by atoms with Crippen LogP contribution < -0.4 is 5.32 Å². The zero-order valence-electron chi connectivity index (χ0n) is 14.1. The first-order chi connectivity index (χ1) is 11.5. The molecule has 1 rings (SSSR count). The molecule has 0 fully saturated rings. The predicted molar refractivity (Wildman–Crippen MR) is 83.1 cm³/mol. The van der Waals surface area contributed by atoms with Crippen molar-refractivity contribution in [3.63, 3.8) is 0 Å². The number of amides is 1. The molecular formula is C16H20F2N2O5. The van der Waals surface area contributed by atoms with Gasteiger partial charge in [0.05, 0.1) is 5.56 Å². The molecule has 1 heterocycles. The van der Waals surface area contributed by atoms with Crippen molar-refractivity contribution in [1.82, 2.24) is 10.3 Å². The largest absolute Gasteiger partial charge is 0.480 e. The Labute approximate surface area is 143 Å². The molecule has 1 atom stereocenters. The number of rotatable bonds is 7. The first-order valence-electron chi connectivity index (χ1n) is 7.57. The highest BCUT2D eigenvalue weighted by Gasteiger charge is 2.24. The van der Waals surface area contributed by atoms with Gasteiger partial charge in [-0.2, -0.15) is 13.8 Å². The topological polar surface area (TPSA) is 106 Å². The summed E-state index contributed by atoms with van der Waals surface area (Å²) in [5.74, 6) is -4.17. The molecule has 25 heavy (non-hydrogen) atoms. The van der Waals surface area contributed by atoms with E-state index >= 15 is 0 Å². The van der Waals surface area contributed by atoms with Crippen LogP contribution in [0.2, 0.25) is 0 Å². The number of carboxylic acid groups (broad SMARTS) is 1. The smallest absolute Gasteiger partial charge is 0.408 e. The molecule has 1 aromatic rings. The van der Waals surface area contributed by atoms with Gasteiger partial charge in [0, 0.05) is 6.42 Å². The third-order valence-electron chi connectivity index (χ3n) is 3.00. The summed E-state index contributed by atoms with van der Waals surface area (Å²) in [4.78, 5) is 37.6. The fraction of sp³-hybridized carbons (Fsp3) is 0.500. The monoisotopic (exact) mass is 358 g/mol. The maximum atomic E-state index is 13.4. The first kappa shape index (κ1) is 20.5. The van der Waals surface area contributed by atoms with Crippen molar-refractivity contribution in [2.75, 3.05) is 0 Å². The van der Waals surface area contributed by atoms with E-state index in [-0.39, 0.29) is 24.8 Å². The summed E-state index contributed by atoms with van der Waals surface area (Å²) < 4.78 is 31.1. The number of carbonyl (C=O) groups is 3. The Morgan fingerprint density at radius 2 is 1.92 bits per heavy atom. The summed E-state index contributed by atoms with van der Waals surface area (Å²) in [5, 5.41) is 11.3. The van der Waals surface area contributed by atoms with Crippen molar-refractivity contribution < 1.29 is 33.0 Å². The molecule has 0 bridgehead atoms. The first-order valence-corrected chi connectivity index (χ1v) is 7.57. The lowest BCUT2D eigenvalue weighted by Gasteiger charge is -2.21. The minimum Gasteiger partial charge on any atom is -0.480 e. The normalized spacial score (nSPS) is 12.4. The Morgan fingerprint density at radius 3 is 2.44 bits per heavy atom. The Bertz CT molecular complexity index is 658. The third-order valence-corrected chi connectivity index (χ3v) is 3.00. The fourth-order valence-corrected chi connectivity index (χ4v) is 1.93. The summed E-state index contributed by atoms with van der Waals surface area (Å²) in [6.45, 7) is 4.89. The SMILES string of the molecule is CC(C)(C)OC(=O)NC(CCCC(=O)c1ccc(F)nc1F)C(=O)O. The zero-order chi connectivity index (χ0) is 19.2. The van der Waals surface area contributed by atoms with Crippen molar-refractivity contribution >= 4 is 17.8 Å². The standard InChI is InChI=1S/C16H20F2N2O5/c1-16(2,3)25-15(24)19-10(14(22)23)5-4-6-11(21)9-7-8-12(17)20-13(9)18/h7-8,10H,4-6H2,1-3H3,(H,19,24)(H,22,23). The summed E-state index contributed by atoms with van der Waals surface area (Å²) in [5.41, 5.74) is -1.15. The van der Waals surface area contributed by atoms with Gasteiger partial charge in [0.15, 0.2) is 5.78 Å². The molecule has 0 saturated heterocycles. The van der Waals surface area contributed by atoms with E-state index in [4.69, 9.17) is 9.84 Å². The molecule has 0 saturated carbocycles. The maximum Gasteiger partial charge on any atom is 0.408 e. The fourth-order valence-electron chi connectivity index (χ4n) is 1.93. The van der Waals surface area contributed by atoms with Gasteiger partial charge in [-0.05, 0) is 45.7 Å². The van der Waals surface area contributed by atoms with E-state index in [0.29, 0.717) is 0 Å². The molecule has 9 heteroatoms. The number of hydrogen-bond donors (Lipinski definition) is 2. The van der Waals surface area contributed by atoms with E-state index in [1.54, 1.807) is 20.8 Å². The Hall–Kier alpha value is -2.58. The molecule has 1 amide bonds. The van der Waals surface area contributed by atoms with E-state index in [1.807, 2.05) is 0 Å². The average molecular weight is 358 g/mol. The summed E-state index contributed by atoms with van der Waals surface area (Å²) in [7, 11) is 0. The lowest BCUT2D eigenvalue weighted by Crippen LogP contribution is -2.43. The van der Waals surface area contributed by atoms with Crippen molar-refractivity contribution in [1.29, 1.82) is 0 Å². The molecule has 0 aliphatic rings. The quantitative estimate of drug-likeness (QED) is 0.573. The molecule has 0 aromatic carbocycles. The average Bonchev–Trinajstić information content (AvgIpc) is 2.43. The summed E-state index contributed by atoms with van der Waals surface area (Å²) in [6.07, 6.45) is -1.05. The van der Waals surface area contributed by atoms with E-state index < -0.39 is 41.4 Å². The van der Waals surface area contributed by atoms with E-state index in [0.717, 1.165) is 12.1 Å². The second-order valence-electron chi connectivity index (χ2n) is 6.32. The molecule has 1 aromatic heterocycles. The number of Topliss-reactive ketones (excluding diaryl/α,β-unsaturated/α-hetero) is 1. The summed E-state index contributed by atoms with van der Waals surface area (Å²) >= 11 is 0. The number of pyridine rings is 1. The number of ketones is 1. The number of alkyl carbamates (subject to hydrolysis) is 1. The third kappa shape index (κ3) is 7.23. The van der Waals surface area contributed by atoms with Crippen molar-refractivity contribution in [3.05, 3.63) is 29.6 Å². The number of hydrogen-bond acceptors (Lipinski definition) is 5. The van der Waals surface area contributed by atoms with Crippen LogP contribution in [0.25, 0.3) is 0 Å². The minimum absolute atomic E-state index is 0.0590. The molecule has 138 valence electrons. The molecule has 0 spiro atoms. The number of aromatic nitrogens is 1. The molecule has 2 N–H and O–H groups in total. The van der Waals surface area contributed by atoms with Crippen LogP contribution in [0.5, 0.6) is 0 Å². The van der Waals surface area contributed by atoms with Crippen LogP contribution in [0.3, 0.4) is 0 Å². The Balaban J connectivity index is 2.56. The van der Waals surface area contributed by atoms with Gasteiger partial charge >= 0.3 is 12.1 Å². The van der Waals surface area contributed by atoms with Gasteiger partial charge in [-0.25, -0.2) is 9.59 Å². The van der Waals surface area contributed by atoms with Gasteiger partial charge in [0.25, 0.3) is 0 Å². The van der Waals surface area contributed by atoms with Gasteiger partial charge in [0.1, 0.15) is 11.6 Å². The second kappa shape index (κ2) is 8.50. The molecule has 1 unspecified atom stereocenters. The van der Waals surface area contributed by atoms with Crippen LogP contribution in [0, 0.1) is 11.9 Å². The molecule has 7 nitrogen and oxygen atoms in total. The lowest BCUT2D eigenvalue weighted by molar-refractivity contribution is -0.139. The Kier molecular flexibility index (Phi) is 6.96. The molecule has 0 aliphatic carbocycles. The Morgan fingerprint density at radius 1 is 1.28 bits per heavy atom. The molecule has 0 radical (unpaired) electrons. The van der Waals surface area contributed by atoms with Crippen LogP contribution in [0.15, 0.2) is 12.1 Å². The van der Waals surface area contributed by atoms with Crippen LogP contribution in [-0.2, 0) is 9.53 Å². The highest BCUT2D eigenvalue weighted by Crippen LogP contribution is 2.13. The molecular weight excluding hydrogens is 338 g/mol. The number of halogens is 2. The van der Waals surface area contributed by atoms with Gasteiger partial charge in [-0.3, -0.25) is 4.79 Å². The van der Waals surface area contributed by atoms with Crippen LogP contribution >= 0.6 is 0 Å². The van der Waals surface area contributed by atoms with Crippen LogP contribution in [-0.4, -0.2) is 39.6 Å². The van der Waals surface area contributed by atoms with Gasteiger partial charge in [-0.1, -0.05) is 0 Å². The van der Waals surface area contributed by atoms with E-state index in [9.17, 15) is 23.2 Å². The highest BCUT2D eigenvalue weighted by atomic mass is 19.1. The number of carboxylic acids is 1. The number of ether oxygens (including phenoxy) is 1. The minimum atomic E-state index is -1.28. The number of nitrogens with one attached hydrogen (secondary N) is 1. The van der Waals surface area contributed by atoms with Crippen LogP contribution in [0.1, 0.15) is 50.4 Å². The van der Waals surface area contributed by atoms with Crippen LogP contribution in [0.4, 0.5) is 13.6 Å². The zero-order valence-corrected chi connectivity index (χ0v) is 14.1. The second-order valence-corrected chi connectivity index (χ2v) is 6.32. The molecule has 0 aliphatic heterocycles. The predicted octanol–water partition coefficient (Wildman–Crippen LogP) is 2.69.